The van der Waals surface area contributed by atoms with E-state index in [0.29, 0.717) is 26.1 Å². The lowest BCUT2D eigenvalue weighted by atomic mass is 9.97. The second-order valence-electron chi connectivity index (χ2n) is 6.84. The lowest BCUT2D eigenvalue weighted by Crippen LogP contribution is -2.22. The first-order valence-corrected chi connectivity index (χ1v) is 9.32. The standard InChI is InChI=1S/C22H30O4/c1-17-8-7-9-18(14-17)15-26-16-20-19(12-13-21(20)23)10-5-3-4-6-11-22(24)25-2/h3,5,7-9,12,14,20-21,23H,4,6,10-11,13,15-16H2,1-2H3/b5-3-/t20-,21-/m0/s1. The predicted octanol–water partition coefficient (Wildman–Crippen LogP) is 4.11. The highest BCUT2D eigenvalue weighted by Gasteiger charge is 2.27. The molecule has 0 saturated heterocycles. The van der Waals surface area contributed by atoms with Crippen molar-refractivity contribution >= 4 is 5.97 Å². The molecule has 1 aliphatic carbocycles. The van der Waals surface area contributed by atoms with Crippen molar-refractivity contribution in [3.05, 3.63) is 59.2 Å². The quantitative estimate of drug-likeness (QED) is 0.388. The van der Waals surface area contributed by atoms with Gasteiger partial charge in [-0.05, 0) is 38.2 Å². The molecule has 142 valence electrons. The number of esters is 1. The SMILES string of the molecule is COC(=O)CCC/C=C\CC1=CC[C@H](O)[C@H]1COCc1cccc(C)c1. The molecule has 4 heteroatoms. The monoisotopic (exact) mass is 358 g/mol. The number of carbonyl (C=O) groups is 1. The van der Waals surface area contributed by atoms with Gasteiger partial charge in [0.15, 0.2) is 0 Å². The van der Waals surface area contributed by atoms with Crippen molar-refractivity contribution in [3.63, 3.8) is 0 Å². The normalized spacial score (nSPS) is 19.7. The average molecular weight is 358 g/mol. The number of aryl methyl sites for hydroxylation is 1. The molecule has 2 atom stereocenters. The van der Waals surface area contributed by atoms with Crippen LogP contribution in [0.25, 0.3) is 0 Å². The van der Waals surface area contributed by atoms with Crippen molar-refractivity contribution in [1.29, 1.82) is 0 Å². The topological polar surface area (TPSA) is 55.8 Å². The number of rotatable bonds is 10. The molecular weight excluding hydrogens is 328 g/mol. The Kier molecular flexibility index (Phi) is 8.59. The van der Waals surface area contributed by atoms with Gasteiger partial charge in [-0.15, -0.1) is 0 Å². The van der Waals surface area contributed by atoms with Crippen molar-refractivity contribution < 1.29 is 19.4 Å². The number of aliphatic hydroxyl groups is 1. The molecule has 0 fully saturated rings. The zero-order valence-electron chi connectivity index (χ0n) is 15.8. The van der Waals surface area contributed by atoms with Crippen LogP contribution in [0.3, 0.4) is 0 Å². The van der Waals surface area contributed by atoms with Crippen LogP contribution in [-0.4, -0.2) is 30.9 Å². The number of hydrogen-bond donors (Lipinski definition) is 1. The van der Waals surface area contributed by atoms with Gasteiger partial charge in [0.05, 0.1) is 26.4 Å². The lowest BCUT2D eigenvalue weighted by Gasteiger charge is -2.18. The summed E-state index contributed by atoms with van der Waals surface area (Å²) in [5.74, 6) is -0.0922. The number of allylic oxidation sites excluding steroid dienone is 2. The van der Waals surface area contributed by atoms with E-state index in [1.807, 2.05) is 6.07 Å². The number of carbonyl (C=O) groups excluding carboxylic acids is 1. The summed E-state index contributed by atoms with van der Waals surface area (Å²) >= 11 is 0. The van der Waals surface area contributed by atoms with E-state index in [4.69, 9.17) is 4.74 Å². The molecule has 0 saturated carbocycles. The van der Waals surface area contributed by atoms with Crippen LogP contribution >= 0.6 is 0 Å². The Labute approximate surface area is 156 Å². The molecule has 1 N–H and O–H groups in total. The number of hydrogen-bond acceptors (Lipinski definition) is 4. The van der Waals surface area contributed by atoms with Gasteiger partial charge in [0.25, 0.3) is 0 Å². The molecule has 0 unspecified atom stereocenters. The molecule has 0 aliphatic heterocycles. The maximum atomic E-state index is 11.1. The third kappa shape index (κ3) is 6.77. The van der Waals surface area contributed by atoms with Gasteiger partial charge in [0.2, 0.25) is 0 Å². The molecule has 0 aromatic heterocycles. The Morgan fingerprint density at radius 1 is 1.35 bits per heavy atom. The van der Waals surface area contributed by atoms with Gasteiger partial charge in [-0.1, -0.05) is 53.6 Å². The zero-order valence-corrected chi connectivity index (χ0v) is 15.8. The molecule has 4 nitrogen and oxygen atoms in total. The minimum absolute atomic E-state index is 0.0690. The fourth-order valence-corrected chi connectivity index (χ4v) is 3.20. The van der Waals surface area contributed by atoms with Crippen molar-refractivity contribution in [2.75, 3.05) is 13.7 Å². The molecule has 0 heterocycles. The van der Waals surface area contributed by atoms with Crippen LogP contribution in [0, 0.1) is 12.8 Å². The fourth-order valence-electron chi connectivity index (χ4n) is 3.20. The highest BCUT2D eigenvalue weighted by Crippen LogP contribution is 2.29. The van der Waals surface area contributed by atoms with E-state index < -0.39 is 0 Å². The van der Waals surface area contributed by atoms with Crippen molar-refractivity contribution in [1.82, 2.24) is 0 Å². The van der Waals surface area contributed by atoms with E-state index in [9.17, 15) is 9.90 Å². The number of ether oxygens (including phenoxy) is 2. The summed E-state index contributed by atoms with van der Waals surface area (Å²) in [4.78, 5) is 11.1. The predicted molar refractivity (Wildman–Crippen MR) is 103 cm³/mol. The Hall–Kier alpha value is -1.91. The average Bonchev–Trinajstić information content (AvgIpc) is 2.98. The molecule has 1 aromatic rings. The minimum Gasteiger partial charge on any atom is -0.469 e. The maximum Gasteiger partial charge on any atom is 0.305 e. The Morgan fingerprint density at radius 2 is 2.19 bits per heavy atom. The van der Waals surface area contributed by atoms with E-state index >= 15 is 0 Å². The summed E-state index contributed by atoms with van der Waals surface area (Å²) in [7, 11) is 1.41. The van der Waals surface area contributed by atoms with Crippen LogP contribution in [0.2, 0.25) is 0 Å². The van der Waals surface area contributed by atoms with Crippen molar-refractivity contribution in [3.8, 4) is 0 Å². The summed E-state index contributed by atoms with van der Waals surface area (Å²) in [6.45, 7) is 3.18. The first-order valence-electron chi connectivity index (χ1n) is 9.32. The summed E-state index contributed by atoms with van der Waals surface area (Å²) in [5, 5.41) is 10.2. The lowest BCUT2D eigenvalue weighted by molar-refractivity contribution is -0.140. The molecule has 26 heavy (non-hydrogen) atoms. The van der Waals surface area contributed by atoms with Gasteiger partial charge < -0.3 is 14.6 Å². The fraction of sp³-hybridized carbons (Fsp3) is 0.500. The smallest absolute Gasteiger partial charge is 0.305 e. The Balaban J connectivity index is 1.71. The first kappa shape index (κ1) is 20.4. The van der Waals surface area contributed by atoms with E-state index in [1.165, 1.54) is 18.2 Å². The molecule has 1 aromatic carbocycles. The number of unbranched alkanes of at least 4 members (excludes halogenated alkanes) is 1. The number of aliphatic hydroxyl groups excluding tert-OH is 1. The third-order valence-electron chi connectivity index (χ3n) is 4.71. The molecular formula is C22H30O4. The molecule has 2 rings (SSSR count). The summed E-state index contributed by atoms with van der Waals surface area (Å²) in [6.07, 6.45) is 9.64. The molecule has 0 amide bonds. The zero-order chi connectivity index (χ0) is 18.8. The van der Waals surface area contributed by atoms with Crippen LogP contribution in [0.15, 0.2) is 48.1 Å². The Bertz CT molecular complexity index is 633. The Morgan fingerprint density at radius 3 is 2.96 bits per heavy atom. The summed E-state index contributed by atoms with van der Waals surface area (Å²) in [5.41, 5.74) is 3.63. The van der Waals surface area contributed by atoms with Crippen molar-refractivity contribution in [2.45, 2.75) is 51.7 Å². The van der Waals surface area contributed by atoms with Gasteiger partial charge in [0, 0.05) is 12.3 Å². The highest BCUT2D eigenvalue weighted by molar-refractivity contribution is 5.69. The summed E-state index contributed by atoms with van der Waals surface area (Å²) in [6, 6.07) is 8.29. The second-order valence-corrected chi connectivity index (χ2v) is 6.84. The third-order valence-corrected chi connectivity index (χ3v) is 4.71. The van der Waals surface area contributed by atoms with Crippen LogP contribution in [0.5, 0.6) is 0 Å². The van der Waals surface area contributed by atoms with E-state index in [-0.39, 0.29) is 18.0 Å². The van der Waals surface area contributed by atoms with E-state index in [0.717, 1.165) is 24.8 Å². The highest BCUT2D eigenvalue weighted by atomic mass is 16.5. The molecule has 0 bridgehead atoms. The van der Waals surface area contributed by atoms with Gasteiger partial charge in [0.1, 0.15) is 0 Å². The van der Waals surface area contributed by atoms with Crippen LogP contribution in [-0.2, 0) is 20.9 Å². The van der Waals surface area contributed by atoms with Crippen molar-refractivity contribution in [2.24, 2.45) is 5.92 Å². The first-order chi connectivity index (χ1) is 12.6. The van der Waals surface area contributed by atoms with Crippen LogP contribution in [0.1, 0.15) is 43.2 Å². The summed E-state index contributed by atoms with van der Waals surface area (Å²) < 4.78 is 10.5. The van der Waals surface area contributed by atoms with Gasteiger partial charge in [-0.3, -0.25) is 4.79 Å². The second kappa shape index (κ2) is 10.9. The molecule has 1 aliphatic rings. The van der Waals surface area contributed by atoms with Gasteiger partial charge in [-0.25, -0.2) is 0 Å². The van der Waals surface area contributed by atoms with Gasteiger partial charge in [-0.2, -0.15) is 0 Å². The number of benzene rings is 1. The van der Waals surface area contributed by atoms with E-state index in [2.05, 4.69) is 48.1 Å². The van der Waals surface area contributed by atoms with Gasteiger partial charge >= 0.3 is 5.97 Å². The minimum atomic E-state index is -0.352. The van der Waals surface area contributed by atoms with E-state index in [1.54, 1.807) is 0 Å². The number of methoxy groups -OCH3 is 1. The molecule has 0 spiro atoms. The molecule has 0 radical (unpaired) electrons. The van der Waals surface area contributed by atoms with Crippen LogP contribution < -0.4 is 0 Å². The maximum absolute atomic E-state index is 11.1. The van der Waals surface area contributed by atoms with Crippen LogP contribution in [0.4, 0.5) is 0 Å². The largest absolute Gasteiger partial charge is 0.469 e.